The van der Waals surface area contributed by atoms with Gasteiger partial charge in [0.1, 0.15) is 11.6 Å². The maximum Gasteiger partial charge on any atom is 0.191 e. The Morgan fingerprint density at radius 3 is 2.76 bits per heavy atom. The van der Waals surface area contributed by atoms with Crippen LogP contribution in [0.3, 0.4) is 0 Å². The van der Waals surface area contributed by atoms with Gasteiger partial charge in [-0.15, -0.1) is 0 Å². The summed E-state index contributed by atoms with van der Waals surface area (Å²) in [5.41, 5.74) is 1.56. The summed E-state index contributed by atoms with van der Waals surface area (Å²) < 4.78 is 15.9. The molecular formula is C19H28FN5. The molecule has 1 heterocycles. The first-order valence-corrected chi connectivity index (χ1v) is 8.72. The Kier molecular flexibility index (Phi) is 6.98. The van der Waals surface area contributed by atoms with Crippen molar-refractivity contribution in [3.05, 3.63) is 53.4 Å². The monoisotopic (exact) mass is 345 g/mol. The highest BCUT2D eigenvalue weighted by Gasteiger charge is 2.09. The average molecular weight is 345 g/mol. The number of nitrogens with one attached hydrogen (secondary N) is 2. The molecule has 2 N–H and O–H groups in total. The molecule has 0 spiro atoms. The highest BCUT2D eigenvalue weighted by Crippen LogP contribution is 2.16. The minimum absolute atomic E-state index is 0.0186. The summed E-state index contributed by atoms with van der Waals surface area (Å²) in [6.07, 6.45) is 5.94. The number of aromatic nitrogens is 2. The standard InChI is InChI=1S/C19H28FN5/c1-14-7-8-17(13-18(14)20)15(2)24-19(21-4)23-9-5-6-11-25-12-10-22-16(25)3/h7-8,10,12-13,15H,5-6,9,11H2,1-4H3,(H2,21,23,24). The van der Waals surface area contributed by atoms with E-state index in [4.69, 9.17) is 0 Å². The van der Waals surface area contributed by atoms with E-state index in [0.29, 0.717) is 5.56 Å². The molecule has 0 amide bonds. The number of imidazole rings is 1. The van der Waals surface area contributed by atoms with E-state index in [-0.39, 0.29) is 11.9 Å². The summed E-state index contributed by atoms with van der Waals surface area (Å²) in [6, 6.07) is 5.30. The number of hydrogen-bond donors (Lipinski definition) is 2. The maximum absolute atomic E-state index is 13.7. The van der Waals surface area contributed by atoms with E-state index in [1.165, 1.54) is 0 Å². The molecule has 5 nitrogen and oxygen atoms in total. The quantitative estimate of drug-likeness (QED) is 0.460. The van der Waals surface area contributed by atoms with E-state index < -0.39 is 0 Å². The molecular weight excluding hydrogens is 317 g/mol. The highest BCUT2D eigenvalue weighted by molar-refractivity contribution is 5.80. The van der Waals surface area contributed by atoms with Crippen molar-refractivity contribution in [3.63, 3.8) is 0 Å². The molecule has 0 saturated heterocycles. The van der Waals surface area contributed by atoms with Crippen LogP contribution in [0.25, 0.3) is 0 Å². The van der Waals surface area contributed by atoms with Crippen molar-refractivity contribution in [1.82, 2.24) is 20.2 Å². The first-order valence-electron chi connectivity index (χ1n) is 8.72. The molecule has 1 unspecified atom stereocenters. The van der Waals surface area contributed by atoms with Crippen LogP contribution in [0.15, 0.2) is 35.6 Å². The van der Waals surface area contributed by atoms with E-state index >= 15 is 0 Å². The lowest BCUT2D eigenvalue weighted by atomic mass is 10.1. The van der Waals surface area contributed by atoms with E-state index in [9.17, 15) is 4.39 Å². The lowest BCUT2D eigenvalue weighted by Gasteiger charge is -2.18. The summed E-state index contributed by atoms with van der Waals surface area (Å²) in [6.45, 7) is 7.59. The average Bonchev–Trinajstić information content (AvgIpc) is 3.00. The number of aryl methyl sites for hydroxylation is 3. The fourth-order valence-corrected chi connectivity index (χ4v) is 2.62. The number of benzene rings is 1. The summed E-state index contributed by atoms with van der Waals surface area (Å²) in [5.74, 6) is 1.60. The van der Waals surface area contributed by atoms with Crippen LogP contribution in [0.2, 0.25) is 0 Å². The molecule has 1 aromatic heterocycles. The molecule has 25 heavy (non-hydrogen) atoms. The molecule has 6 heteroatoms. The molecule has 0 radical (unpaired) electrons. The van der Waals surface area contributed by atoms with Crippen molar-refractivity contribution in [2.75, 3.05) is 13.6 Å². The number of aliphatic imine (C=N–C) groups is 1. The van der Waals surface area contributed by atoms with Crippen molar-refractivity contribution in [1.29, 1.82) is 0 Å². The van der Waals surface area contributed by atoms with Gasteiger partial charge in [-0.2, -0.15) is 0 Å². The van der Waals surface area contributed by atoms with Crippen LogP contribution >= 0.6 is 0 Å². The van der Waals surface area contributed by atoms with Crippen molar-refractivity contribution >= 4 is 5.96 Å². The van der Waals surface area contributed by atoms with Gasteiger partial charge in [-0.3, -0.25) is 4.99 Å². The number of hydrogen-bond acceptors (Lipinski definition) is 2. The van der Waals surface area contributed by atoms with Crippen LogP contribution in [0.1, 0.15) is 42.8 Å². The van der Waals surface area contributed by atoms with Gasteiger partial charge in [0.25, 0.3) is 0 Å². The Bertz CT molecular complexity index is 708. The maximum atomic E-state index is 13.7. The van der Waals surface area contributed by atoms with Crippen molar-refractivity contribution in [2.24, 2.45) is 4.99 Å². The second kappa shape index (κ2) is 9.20. The fraction of sp³-hybridized carbons (Fsp3) is 0.474. The van der Waals surface area contributed by atoms with Gasteiger partial charge in [-0.1, -0.05) is 12.1 Å². The normalized spacial score (nSPS) is 12.9. The third-order valence-corrected chi connectivity index (χ3v) is 4.31. The van der Waals surface area contributed by atoms with Crippen molar-refractivity contribution < 1.29 is 4.39 Å². The van der Waals surface area contributed by atoms with Gasteiger partial charge in [0.2, 0.25) is 0 Å². The van der Waals surface area contributed by atoms with E-state index in [2.05, 4.69) is 25.2 Å². The Labute approximate surface area is 149 Å². The summed E-state index contributed by atoms with van der Waals surface area (Å²) in [5, 5.41) is 6.61. The Hall–Kier alpha value is -2.37. The van der Waals surface area contributed by atoms with E-state index in [1.54, 1.807) is 26.1 Å². The van der Waals surface area contributed by atoms with Gasteiger partial charge in [0.05, 0.1) is 6.04 Å². The topological polar surface area (TPSA) is 54.2 Å². The zero-order chi connectivity index (χ0) is 18.2. The number of guanidine groups is 1. The lowest BCUT2D eigenvalue weighted by molar-refractivity contribution is 0.583. The predicted octanol–water partition coefficient (Wildman–Crippen LogP) is 3.35. The number of nitrogens with zero attached hydrogens (tertiary/aromatic N) is 3. The molecule has 0 fully saturated rings. The summed E-state index contributed by atoms with van der Waals surface area (Å²) in [4.78, 5) is 8.46. The summed E-state index contributed by atoms with van der Waals surface area (Å²) in [7, 11) is 1.74. The molecule has 0 saturated carbocycles. The van der Waals surface area contributed by atoms with Gasteiger partial charge in [-0.05, 0) is 50.8 Å². The van der Waals surface area contributed by atoms with Crippen LogP contribution in [0, 0.1) is 19.7 Å². The van der Waals surface area contributed by atoms with Gasteiger partial charge in [0.15, 0.2) is 5.96 Å². The largest absolute Gasteiger partial charge is 0.356 e. The van der Waals surface area contributed by atoms with Crippen LogP contribution in [0.4, 0.5) is 4.39 Å². The second-order valence-electron chi connectivity index (χ2n) is 6.25. The molecule has 136 valence electrons. The Morgan fingerprint density at radius 2 is 2.12 bits per heavy atom. The predicted molar refractivity (Wildman–Crippen MR) is 100 cm³/mol. The third-order valence-electron chi connectivity index (χ3n) is 4.31. The van der Waals surface area contributed by atoms with Crippen LogP contribution in [-0.2, 0) is 6.54 Å². The summed E-state index contributed by atoms with van der Waals surface area (Å²) >= 11 is 0. The van der Waals surface area contributed by atoms with Crippen molar-refractivity contribution in [2.45, 2.75) is 46.2 Å². The zero-order valence-corrected chi connectivity index (χ0v) is 15.5. The second-order valence-corrected chi connectivity index (χ2v) is 6.25. The van der Waals surface area contributed by atoms with Crippen LogP contribution < -0.4 is 10.6 Å². The molecule has 1 atom stereocenters. The SMILES string of the molecule is CN=C(NCCCCn1ccnc1C)NC(C)c1ccc(C)c(F)c1. The van der Waals surface area contributed by atoms with Gasteiger partial charge in [0, 0.05) is 32.5 Å². The Balaban J connectivity index is 1.74. The smallest absolute Gasteiger partial charge is 0.191 e. The molecule has 1 aromatic carbocycles. The van der Waals surface area contributed by atoms with Crippen molar-refractivity contribution in [3.8, 4) is 0 Å². The number of halogens is 1. The molecule has 2 rings (SSSR count). The third kappa shape index (κ3) is 5.59. The van der Waals surface area contributed by atoms with Gasteiger partial charge >= 0.3 is 0 Å². The minimum Gasteiger partial charge on any atom is -0.356 e. The first kappa shape index (κ1) is 19.0. The highest BCUT2D eigenvalue weighted by atomic mass is 19.1. The van der Waals surface area contributed by atoms with Crippen LogP contribution in [-0.4, -0.2) is 29.1 Å². The molecule has 2 aromatic rings. The van der Waals surface area contributed by atoms with Gasteiger partial charge < -0.3 is 15.2 Å². The minimum atomic E-state index is -0.177. The van der Waals surface area contributed by atoms with E-state index in [1.807, 2.05) is 32.3 Å². The zero-order valence-electron chi connectivity index (χ0n) is 15.5. The molecule has 0 aliphatic carbocycles. The number of unbranched alkanes of at least 4 members (excludes halogenated alkanes) is 1. The molecule has 0 aliphatic rings. The molecule has 0 aliphatic heterocycles. The number of rotatable bonds is 7. The fourth-order valence-electron chi connectivity index (χ4n) is 2.62. The van der Waals surface area contributed by atoms with Gasteiger partial charge in [-0.25, -0.2) is 9.37 Å². The van der Waals surface area contributed by atoms with E-state index in [0.717, 1.165) is 43.3 Å². The Morgan fingerprint density at radius 1 is 1.32 bits per heavy atom. The van der Waals surface area contributed by atoms with Crippen LogP contribution in [0.5, 0.6) is 0 Å². The molecule has 0 bridgehead atoms. The lowest BCUT2D eigenvalue weighted by Crippen LogP contribution is -2.39. The first-order chi connectivity index (χ1) is 12.0.